The van der Waals surface area contributed by atoms with Gasteiger partial charge in [0.05, 0.1) is 0 Å². The maximum Gasteiger partial charge on any atom is 0.273 e. The van der Waals surface area contributed by atoms with Crippen molar-refractivity contribution in [1.82, 2.24) is 20.8 Å². The van der Waals surface area contributed by atoms with Gasteiger partial charge in [0.2, 0.25) is 0 Å². The second-order valence-electron chi connectivity index (χ2n) is 5.37. The lowest BCUT2D eigenvalue weighted by atomic mass is 10.0. The van der Waals surface area contributed by atoms with Crippen molar-refractivity contribution in [3.05, 3.63) is 36.3 Å². The molecule has 2 atom stereocenters. The maximum absolute atomic E-state index is 12.2. The predicted octanol–water partition coefficient (Wildman–Crippen LogP) is 2.45. The highest BCUT2D eigenvalue weighted by molar-refractivity contribution is 5.93. The van der Waals surface area contributed by atoms with Gasteiger partial charge in [-0.15, -0.1) is 24.8 Å². The molecule has 2 aromatic heterocycles. The minimum Gasteiger partial charge on any atom is -0.355 e. The SMILES string of the molecule is CC1CC(NC(=O)c2cc(-c3cccnc3)on2)CCN1.Cl.Cl. The molecule has 6 nitrogen and oxygen atoms in total. The number of hydrogen-bond donors (Lipinski definition) is 2. The Hall–Kier alpha value is -1.63. The summed E-state index contributed by atoms with van der Waals surface area (Å²) in [6, 6.07) is 5.94. The summed E-state index contributed by atoms with van der Waals surface area (Å²) in [6.45, 7) is 3.04. The molecule has 23 heavy (non-hydrogen) atoms. The third-order valence-electron chi connectivity index (χ3n) is 3.65. The van der Waals surface area contributed by atoms with Gasteiger partial charge in [-0.05, 0) is 38.4 Å². The van der Waals surface area contributed by atoms with Gasteiger partial charge in [0.25, 0.3) is 5.91 Å². The summed E-state index contributed by atoms with van der Waals surface area (Å²) in [5, 5.41) is 10.2. The number of piperidine rings is 1. The summed E-state index contributed by atoms with van der Waals surface area (Å²) in [7, 11) is 0. The van der Waals surface area contributed by atoms with E-state index in [2.05, 4.69) is 27.7 Å². The number of carbonyl (C=O) groups excluding carboxylic acids is 1. The van der Waals surface area contributed by atoms with Crippen LogP contribution in [-0.4, -0.2) is 34.7 Å². The van der Waals surface area contributed by atoms with Crippen molar-refractivity contribution in [2.24, 2.45) is 0 Å². The lowest BCUT2D eigenvalue weighted by molar-refractivity contribution is 0.0916. The van der Waals surface area contributed by atoms with E-state index >= 15 is 0 Å². The van der Waals surface area contributed by atoms with Gasteiger partial charge >= 0.3 is 0 Å². The fraction of sp³-hybridized carbons (Fsp3) is 0.400. The molecular weight excluding hydrogens is 339 g/mol. The van der Waals surface area contributed by atoms with Crippen LogP contribution in [-0.2, 0) is 0 Å². The first-order valence-electron chi connectivity index (χ1n) is 7.14. The summed E-state index contributed by atoms with van der Waals surface area (Å²) >= 11 is 0. The van der Waals surface area contributed by atoms with Crippen LogP contribution in [0.2, 0.25) is 0 Å². The number of halogens is 2. The fourth-order valence-electron chi connectivity index (χ4n) is 2.55. The van der Waals surface area contributed by atoms with Crippen LogP contribution in [0, 0.1) is 0 Å². The molecule has 0 aromatic carbocycles. The molecule has 2 unspecified atom stereocenters. The normalized spacial score (nSPS) is 20.0. The topological polar surface area (TPSA) is 80.1 Å². The lowest BCUT2D eigenvalue weighted by Gasteiger charge is -2.28. The number of amides is 1. The number of aromatic nitrogens is 2. The number of pyridine rings is 1. The van der Waals surface area contributed by atoms with Gasteiger partial charge in [0.1, 0.15) is 0 Å². The van der Waals surface area contributed by atoms with Crippen LogP contribution in [0.1, 0.15) is 30.3 Å². The first-order valence-corrected chi connectivity index (χ1v) is 7.14. The minimum absolute atomic E-state index is 0. The van der Waals surface area contributed by atoms with Crippen molar-refractivity contribution in [2.75, 3.05) is 6.54 Å². The van der Waals surface area contributed by atoms with Gasteiger partial charge in [0, 0.05) is 36.1 Å². The zero-order chi connectivity index (χ0) is 14.7. The first-order chi connectivity index (χ1) is 10.2. The molecule has 0 radical (unpaired) electrons. The number of nitrogens with zero attached hydrogens (tertiary/aromatic N) is 2. The zero-order valence-corrected chi connectivity index (χ0v) is 14.3. The maximum atomic E-state index is 12.2. The quantitative estimate of drug-likeness (QED) is 0.880. The van der Waals surface area contributed by atoms with Crippen molar-refractivity contribution >= 4 is 30.7 Å². The third kappa shape index (κ3) is 4.92. The Bertz CT molecular complexity index is 621. The average molecular weight is 359 g/mol. The molecule has 1 saturated heterocycles. The highest BCUT2D eigenvalue weighted by Gasteiger charge is 2.22. The number of nitrogens with one attached hydrogen (secondary N) is 2. The van der Waals surface area contributed by atoms with Crippen LogP contribution in [0.15, 0.2) is 35.1 Å². The lowest BCUT2D eigenvalue weighted by Crippen LogP contribution is -2.46. The molecule has 1 aliphatic heterocycles. The van der Waals surface area contributed by atoms with E-state index in [0.29, 0.717) is 17.5 Å². The number of rotatable bonds is 3. The first kappa shape index (κ1) is 19.4. The summed E-state index contributed by atoms with van der Waals surface area (Å²) in [4.78, 5) is 16.2. The average Bonchev–Trinajstić information content (AvgIpc) is 2.98. The predicted molar refractivity (Wildman–Crippen MR) is 92.2 cm³/mol. The van der Waals surface area contributed by atoms with Crippen molar-refractivity contribution in [3.8, 4) is 11.3 Å². The Kier molecular flexibility index (Phi) is 7.48. The molecule has 2 aromatic rings. The molecule has 8 heteroatoms. The number of carbonyl (C=O) groups is 1. The van der Waals surface area contributed by atoms with E-state index in [9.17, 15) is 4.79 Å². The molecule has 126 valence electrons. The molecule has 0 aliphatic carbocycles. The van der Waals surface area contributed by atoms with Crippen LogP contribution < -0.4 is 10.6 Å². The monoisotopic (exact) mass is 358 g/mol. The second-order valence-corrected chi connectivity index (χ2v) is 5.37. The van der Waals surface area contributed by atoms with Crippen molar-refractivity contribution in [1.29, 1.82) is 0 Å². The van der Waals surface area contributed by atoms with Crippen molar-refractivity contribution in [2.45, 2.75) is 31.8 Å². The van der Waals surface area contributed by atoms with E-state index < -0.39 is 0 Å². The standard InChI is InChI=1S/C15H18N4O2.2ClH/c1-10-7-12(4-6-17-10)18-15(20)13-8-14(21-19-13)11-3-2-5-16-9-11;;/h2-3,5,8-10,12,17H,4,6-7H2,1H3,(H,18,20);2*1H. The fourth-order valence-corrected chi connectivity index (χ4v) is 2.55. The molecule has 3 rings (SSSR count). The summed E-state index contributed by atoms with van der Waals surface area (Å²) in [5.41, 5.74) is 1.11. The smallest absolute Gasteiger partial charge is 0.273 e. The molecule has 3 heterocycles. The molecule has 0 bridgehead atoms. The van der Waals surface area contributed by atoms with Crippen molar-refractivity contribution < 1.29 is 9.32 Å². The molecule has 0 saturated carbocycles. The molecular formula is C15H20Cl2N4O2. The Labute approximate surface area is 147 Å². The molecule has 2 N–H and O–H groups in total. The third-order valence-corrected chi connectivity index (χ3v) is 3.65. The Morgan fingerprint density at radius 3 is 2.96 bits per heavy atom. The van der Waals surface area contributed by atoms with E-state index in [1.165, 1.54) is 0 Å². The van der Waals surface area contributed by atoms with Gasteiger partial charge in [-0.1, -0.05) is 5.16 Å². The van der Waals surface area contributed by atoms with Crippen LogP contribution >= 0.6 is 24.8 Å². The van der Waals surface area contributed by atoms with Crippen LogP contribution in [0.4, 0.5) is 0 Å². The Morgan fingerprint density at radius 1 is 1.43 bits per heavy atom. The van der Waals surface area contributed by atoms with Crippen molar-refractivity contribution in [3.63, 3.8) is 0 Å². The van der Waals surface area contributed by atoms with E-state index in [1.807, 2.05) is 12.1 Å². The molecule has 1 fully saturated rings. The zero-order valence-electron chi connectivity index (χ0n) is 12.7. The van der Waals surface area contributed by atoms with Crippen LogP contribution in [0.3, 0.4) is 0 Å². The van der Waals surface area contributed by atoms with E-state index in [1.54, 1.807) is 18.5 Å². The Balaban J connectivity index is 0.00000132. The summed E-state index contributed by atoms with van der Waals surface area (Å²) < 4.78 is 5.22. The van der Waals surface area contributed by atoms with E-state index in [0.717, 1.165) is 24.9 Å². The largest absolute Gasteiger partial charge is 0.355 e. The highest BCUT2D eigenvalue weighted by Crippen LogP contribution is 2.19. The van der Waals surface area contributed by atoms with Crippen LogP contribution in [0.25, 0.3) is 11.3 Å². The second kappa shape index (κ2) is 8.86. The van der Waals surface area contributed by atoms with Gasteiger partial charge in [-0.25, -0.2) is 0 Å². The van der Waals surface area contributed by atoms with E-state index in [-0.39, 0.29) is 36.8 Å². The number of hydrogen-bond acceptors (Lipinski definition) is 5. The minimum atomic E-state index is -0.187. The van der Waals surface area contributed by atoms with Gasteiger partial charge in [0.15, 0.2) is 11.5 Å². The molecule has 1 amide bonds. The molecule has 1 aliphatic rings. The Morgan fingerprint density at radius 2 is 2.26 bits per heavy atom. The van der Waals surface area contributed by atoms with E-state index in [4.69, 9.17) is 4.52 Å². The van der Waals surface area contributed by atoms with Gasteiger partial charge in [-0.3, -0.25) is 9.78 Å². The summed E-state index contributed by atoms with van der Waals surface area (Å²) in [5.74, 6) is 0.361. The van der Waals surface area contributed by atoms with Gasteiger partial charge < -0.3 is 15.2 Å². The summed E-state index contributed by atoms with van der Waals surface area (Å²) in [6.07, 6.45) is 5.23. The highest BCUT2D eigenvalue weighted by atomic mass is 35.5. The van der Waals surface area contributed by atoms with Crippen LogP contribution in [0.5, 0.6) is 0 Å². The molecule has 0 spiro atoms. The van der Waals surface area contributed by atoms with Gasteiger partial charge in [-0.2, -0.15) is 0 Å².